The predicted molar refractivity (Wildman–Crippen MR) is 64.3 cm³/mol. The molecular formula is C13H25N. The third-order valence-corrected chi connectivity index (χ3v) is 2.46. The second-order valence-electron chi connectivity index (χ2n) is 3.89. The van der Waals surface area contributed by atoms with Gasteiger partial charge in [-0.05, 0) is 32.2 Å². The van der Waals surface area contributed by atoms with E-state index in [1.54, 1.807) is 0 Å². The predicted octanol–water partition coefficient (Wildman–Crippen LogP) is 3.35. The minimum Gasteiger partial charge on any atom is -0.314 e. The summed E-state index contributed by atoms with van der Waals surface area (Å²) in [5, 5.41) is 3.61. The summed E-state index contributed by atoms with van der Waals surface area (Å²) in [6.07, 6.45) is 13.7. The van der Waals surface area contributed by atoms with E-state index in [-0.39, 0.29) is 0 Å². The zero-order valence-electron chi connectivity index (χ0n) is 9.81. The van der Waals surface area contributed by atoms with Crippen LogP contribution in [0.2, 0.25) is 0 Å². The van der Waals surface area contributed by atoms with Crippen LogP contribution in [0.4, 0.5) is 0 Å². The number of rotatable bonds is 9. The normalized spacial score (nSPS) is 10.4. The second kappa shape index (κ2) is 10.6. The Labute approximate surface area is 89.7 Å². The molecule has 0 aliphatic carbocycles. The van der Waals surface area contributed by atoms with Crippen LogP contribution in [0.3, 0.4) is 0 Å². The first kappa shape index (κ1) is 13.5. The molecule has 1 heteroatoms. The van der Waals surface area contributed by atoms with Crippen molar-refractivity contribution in [3.8, 4) is 12.3 Å². The van der Waals surface area contributed by atoms with Crippen molar-refractivity contribution in [2.24, 2.45) is 0 Å². The molecule has 0 rings (SSSR count). The fourth-order valence-corrected chi connectivity index (χ4v) is 1.70. The fraction of sp³-hybridized carbons (Fsp3) is 0.846. The Morgan fingerprint density at radius 1 is 1.14 bits per heavy atom. The van der Waals surface area contributed by atoms with E-state index in [1.807, 2.05) is 0 Å². The van der Waals surface area contributed by atoms with E-state index in [0.717, 1.165) is 25.4 Å². The van der Waals surface area contributed by atoms with E-state index in [4.69, 9.17) is 6.42 Å². The summed E-state index contributed by atoms with van der Waals surface area (Å²) in [5.74, 6) is 2.68. The molecule has 0 spiro atoms. The summed E-state index contributed by atoms with van der Waals surface area (Å²) >= 11 is 0. The maximum Gasteiger partial charge on any atom is 0.00865 e. The topological polar surface area (TPSA) is 12.0 Å². The highest BCUT2D eigenvalue weighted by Crippen LogP contribution is 2.04. The lowest BCUT2D eigenvalue weighted by atomic mass is 10.1. The summed E-state index contributed by atoms with van der Waals surface area (Å²) in [7, 11) is 0. The molecule has 0 aromatic heterocycles. The lowest BCUT2D eigenvalue weighted by Gasteiger charge is -2.16. The summed E-state index contributed by atoms with van der Waals surface area (Å²) in [5.41, 5.74) is 0. The molecular weight excluding hydrogens is 170 g/mol. The van der Waals surface area contributed by atoms with E-state index >= 15 is 0 Å². The molecule has 0 saturated heterocycles. The van der Waals surface area contributed by atoms with Crippen molar-refractivity contribution in [3.63, 3.8) is 0 Å². The van der Waals surface area contributed by atoms with Gasteiger partial charge in [-0.1, -0.05) is 26.7 Å². The summed E-state index contributed by atoms with van der Waals surface area (Å²) in [6, 6.07) is 0.732. The van der Waals surface area contributed by atoms with Gasteiger partial charge in [-0.15, -0.1) is 12.3 Å². The van der Waals surface area contributed by atoms with Crippen LogP contribution >= 0.6 is 0 Å². The zero-order chi connectivity index (χ0) is 10.6. The van der Waals surface area contributed by atoms with Gasteiger partial charge in [0.05, 0.1) is 0 Å². The van der Waals surface area contributed by atoms with E-state index in [2.05, 4.69) is 25.1 Å². The van der Waals surface area contributed by atoms with Crippen molar-refractivity contribution in [1.82, 2.24) is 5.32 Å². The van der Waals surface area contributed by atoms with Gasteiger partial charge in [0, 0.05) is 12.5 Å². The number of terminal acetylenes is 1. The molecule has 1 nitrogen and oxygen atoms in total. The zero-order valence-corrected chi connectivity index (χ0v) is 9.81. The first-order valence-corrected chi connectivity index (χ1v) is 6.02. The Balaban J connectivity index is 3.36. The summed E-state index contributed by atoms with van der Waals surface area (Å²) < 4.78 is 0. The Hall–Kier alpha value is -0.480. The van der Waals surface area contributed by atoms with Gasteiger partial charge in [0.15, 0.2) is 0 Å². The van der Waals surface area contributed by atoms with Crippen LogP contribution in [-0.2, 0) is 0 Å². The Bertz CT molecular complexity index is 140. The highest BCUT2D eigenvalue weighted by atomic mass is 14.9. The first-order chi connectivity index (χ1) is 6.85. The lowest BCUT2D eigenvalue weighted by Crippen LogP contribution is -2.29. The first-order valence-electron chi connectivity index (χ1n) is 6.02. The van der Waals surface area contributed by atoms with Gasteiger partial charge in [0.2, 0.25) is 0 Å². The number of hydrogen-bond donors (Lipinski definition) is 1. The quantitative estimate of drug-likeness (QED) is 0.439. The molecule has 0 aliphatic rings. The van der Waals surface area contributed by atoms with Gasteiger partial charge < -0.3 is 5.32 Å². The van der Waals surface area contributed by atoms with Crippen LogP contribution in [0.1, 0.15) is 58.8 Å². The van der Waals surface area contributed by atoms with Gasteiger partial charge in [0.25, 0.3) is 0 Å². The van der Waals surface area contributed by atoms with Gasteiger partial charge >= 0.3 is 0 Å². The molecule has 0 aromatic carbocycles. The molecule has 0 radical (unpaired) electrons. The van der Waals surface area contributed by atoms with E-state index in [0.29, 0.717) is 0 Å². The van der Waals surface area contributed by atoms with E-state index < -0.39 is 0 Å². The van der Waals surface area contributed by atoms with Crippen LogP contribution < -0.4 is 5.32 Å². The lowest BCUT2D eigenvalue weighted by molar-refractivity contribution is 0.438. The SMILES string of the molecule is C#CCCCCNC(CCC)CCC. The summed E-state index contributed by atoms with van der Waals surface area (Å²) in [6.45, 7) is 5.64. The van der Waals surface area contributed by atoms with Gasteiger partial charge in [-0.3, -0.25) is 0 Å². The number of nitrogens with one attached hydrogen (secondary N) is 1. The van der Waals surface area contributed by atoms with Crippen molar-refractivity contribution < 1.29 is 0 Å². The standard InChI is InChI=1S/C13H25N/c1-4-7-8-9-12-14-13(10-5-2)11-6-3/h1,13-14H,5-12H2,2-3H3. The van der Waals surface area contributed by atoms with Crippen LogP contribution in [0.5, 0.6) is 0 Å². The van der Waals surface area contributed by atoms with Crippen molar-refractivity contribution >= 4 is 0 Å². The number of hydrogen-bond acceptors (Lipinski definition) is 1. The van der Waals surface area contributed by atoms with E-state index in [9.17, 15) is 0 Å². The van der Waals surface area contributed by atoms with Gasteiger partial charge in [-0.25, -0.2) is 0 Å². The third-order valence-electron chi connectivity index (χ3n) is 2.46. The fourth-order valence-electron chi connectivity index (χ4n) is 1.70. The third kappa shape index (κ3) is 8.13. The van der Waals surface area contributed by atoms with Crippen LogP contribution in [0.15, 0.2) is 0 Å². The molecule has 0 aliphatic heterocycles. The van der Waals surface area contributed by atoms with Crippen molar-refractivity contribution in [2.45, 2.75) is 64.8 Å². The Kier molecular flexibility index (Phi) is 10.2. The minimum absolute atomic E-state index is 0.732. The molecule has 0 amide bonds. The molecule has 0 atom stereocenters. The molecule has 0 heterocycles. The molecule has 82 valence electrons. The molecule has 0 saturated carbocycles. The molecule has 14 heavy (non-hydrogen) atoms. The van der Waals surface area contributed by atoms with Crippen LogP contribution in [0, 0.1) is 12.3 Å². The van der Waals surface area contributed by atoms with Gasteiger partial charge in [-0.2, -0.15) is 0 Å². The minimum atomic E-state index is 0.732. The summed E-state index contributed by atoms with van der Waals surface area (Å²) in [4.78, 5) is 0. The maximum absolute atomic E-state index is 5.20. The maximum atomic E-state index is 5.20. The highest BCUT2D eigenvalue weighted by molar-refractivity contribution is 4.83. The van der Waals surface area contributed by atoms with Crippen molar-refractivity contribution in [2.75, 3.05) is 6.54 Å². The average molecular weight is 195 g/mol. The van der Waals surface area contributed by atoms with Crippen molar-refractivity contribution in [1.29, 1.82) is 0 Å². The smallest absolute Gasteiger partial charge is 0.00865 e. The van der Waals surface area contributed by atoms with Crippen molar-refractivity contribution in [3.05, 3.63) is 0 Å². The van der Waals surface area contributed by atoms with Crippen LogP contribution in [0.25, 0.3) is 0 Å². The molecule has 0 aromatic rings. The van der Waals surface area contributed by atoms with E-state index in [1.165, 1.54) is 32.1 Å². The van der Waals surface area contributed by atoms with Crippen LogP contribution in [-0.4, -0.2) is 12.6 Å². The second-order valence-corrected chi connectivity index (χ2v) is 3.89. The Morgan fingerprint density at radius 3 is 2.29 bits per heavy atom. The number of unbranched alkanes of at least 4 members (excludes halogenated alkanes) is 2. The Morgan fingerprint density at radius 2 is 1.79 bits per heavy atom. The van der Waals surface area contributed by atoms with Gasteiger partial charge in [0.1, 0.15) is 0 Å². The monoisotopic (exact) mass is 195 g/mol. The molecule has 1 N–H and O–H groups in total. The highest BCUT2D eigenvalue weighted by Gasteiger charge is 2.04. The molecule has 0 bridgehead atoms. The molecule has 0 unspecified atom stereocenters. The largest absolute Gasteiger partial charge is 0.314 e. The molecule has 0 fully saturated rings. The average Bonchev–Trinajstić information content (AvgIpc) is 2.18.